The molecule has 0 bridgehead atoms. The van der Waals surface area contributed by atoms with Gasteiger partial charge in [-0.3, -0.25) is 0 Å². The second kappa shape index (κ2) is 7.77. The topological polar surface area (TPSA) is 55.4 Å². The molecule has 4 nitrogen and oxygen atoms in total. The van der Waals surface area contributed by atoms with Crippen molar-refractivity contribution in [2.24, 2.45) is 11.8 Å². The van der Waals surface area contributed by atoms with Gasteiger partial charge in [0, 0.05) is 19.3 Å². The van der Waals surface area contributed by atoms with Crippen molar-refractivity contribution < 1.29 is 13.2 Å². The molecule has 1 saturated heterocycles. The van der Waals surface area contributed by atoms with Crippen LogP contribution < -0.4 is 4.72 Å². The highest BCUT2D eigenvalue weighted by atomic mass is 32.2. The highest BCUT2D eigenvalue weighted by molar-refractivity contribution is 7.89. The van der Waals surface area contributed by atoms with Crippen molar-refractivity contribution in [3.05, 3.63) is 35.9 Å². The van der Waals surface area contributed by atoms with E-state index < -0.39 is 10.0 Å². The molecule has 23 heavy (non-hydrogen) atoms. The van der Waals surface area contributed by atoms with Gasteiger partial charge < -0.3 is 4.74 Å². The Balaban J connectivity index is 1.56. The van der Waals surface area contributed by atoms with Gasteiger partial charge in [-0.25, -0.2) is 13.1 Å². The van der Waals surface area contributed by atoms with Crippen LogP contribution in [0.4, 0.5) is 0 Å². The average Bonchev–Trinajstić information content (AvgIpc) is 2.95. The normalized spacial score (nSPS) is 26.4. The van der Waals surface area contributed by atoms with Crippen LogP contribution in [-0.2, 0) is 21.2 Å². The van der Waals surface area contributed by atoms with E-state index in [4.69, 9.17) is 4.74 Å². The standard InChI is InChI=1S/C18H27NO3S/c20-23(21,14-16-9-11-22-12-10-16)19-18-8-4-7-17(18)13-15-5-2-1-3-6-15/h1-3,5-6,16-19H,4,7-14H2/t17-,18+/m1/s1. The van der Waals surface area contributed by atoms with E-state index >= 15 is 0 Å². The number of nitrogens with one attached hydrogen (secondary N) is 1. The summed E-state index contributed by atoms with van der Waals surface area (Å²) in [7, 11) is -3.20. The van der Waals surface area contributed by atoms with Gasteiger partial charge in [-0.15, -0.1) is 0 Å². The first-order valence-electron chi connectivity index (χ1n) is 8.74. The molecule has 2 fully saturated rings. The van der Waals surface area contributed by atoms with Crippen LogP contribution in [-0.4, -0.2) is 33.4 Å². The molecule has 0 unspecified atom stereocenters. The van der Waals surface area contributed by atoms with Crippen molar-refractivity contribution in [1.29, 1.82) is 0 Å². The molecule has 0 radical (unpaired) electrons. The summed E-state index contributed by atoms with van der Waals surface area (Å²) in [4.78, 5) is 0. The van der Waals surface area contributed by atoms with Crippen molar-refractivity contribution in [1.82, 2.24) is 4.72 Å². The minimum Gasteiger partial charge on any atom is -0.381 e. The molecule has 3 rings (SSSR count). The van der Waals surface area contributed by atoms with Crippen LogP contribution in [0.3, 0.4) is 0 Å². The van der Waals surface area contributed by atoms with Crippen molar-refractivity contribution in [3.63, 3.8) is 0 Å². The molecular weight excluding hydrogens is 310 g/mol. The summed E-state index contributed by atoms with van der Waals surface area (Å²) >= 11 is 0. The Hall–Kier alpha value is -0.910. The predicted molar refractivity (Wildman–Crippen MR) is 91.7 cm³/mol. The van der Waals surface area contributed by atoms with Gasteiger partial charge in [0.05, 0.1) is 5.75 Å². The lowest BCUT2D eigenvalue weighted by Gasteiger charge is -2.25. The van der Waals surface area contributed by atoms with Gasteiger partial charge in [0.25, 0.3) is 0 Å². The molecule has 0 amide bonds. The maximum Gasteiger partial charge on any atom is 0.212 e. The molecular formula is C18H27NO3S. The van der Waals surface area contributed by atoms with E-state index in [2.05, 4.69) is 29.0 Å². The molecule has 1 heterocycles. The monoisotopic (exact) mass is 337 g/mol. The second-order valence-corrected chi connectivity index (χ2v) is 8.74. The maximum absolute atomic E-state index is 12.5. The van der Waals surface area contributed by atoms with E-state index in [1.165, 1.54) is 5.56 Å². The summed E-state index contributed by atoms with van der Waals surface area (Å²) in [5.41, 5.74) is 1.30. The minimum absolute atomic E-state index is 0.0973. The first kappa shape index (κ1) is 16.9. The number of rotatable bonds is 6. The van der Waals surface area contributed by atoms with E-state index in [-0.39, 0.29) is 17.7 Å². The molecule has 5 heteroatoms. The van der Waals surface area contributed by atoms with E-state index in [0.29, 0.717) is 19.1 Å². The Bertz CT molecular complexity index is 582. The predicted octanol–water partition coefficient (Wildman–Crippen LogP) is 2.74. The first-order valence-corrected chi connectivity index (χ1v) is 10.4. The van der Waals surface area contributed by atoms with Gasteiger partial charge in [0.2, 0.25) is 10.0 Å². The molecule has 0 aromatic heterocycles. The lowest BCUT2D eigenvalue weighted by molar-refractivity contribution is 0.0722. The third-order valence-electron chi connectivity index (χ3n) is 5.13. The molecule has 1 aliphatic heterocycles. The van der Waals surface area contributed by atoms with E-state index in [9.17, 15) is 8.42 Å². The van der Waals surface area contributed by atoms with Gasteiger partial charge in [0.15, 0.2) is 0 Å². The highest BCUT2D eigenvalue weighted by Gasteiger charge is 2.32. The van der Waals surface area contributed by atoms with Crippen LogP contribution in [0.5, 0.6) is 0 Å². The summed E-state index contributed by atoms with van der Waals surface area (Å²) in [5.74, 6) is 0.919. The van der Waals surface area contributed by atoms with Crippen molar-refractivity contribution in [2.45, 2.75) is 44.6 Å². The Morgan fingerprint density at radius 3 is 2.52 bits per heavy atom. The Morgan fingerprint density at radius 1 is 1.04 bits per heavy atom. The molecule has 0 spiro atoms. The summed E-state index contributed by atoms with van der Waals surface area (Å²) in [6, 6.07) is 10.5. The number of sulfonamides is 1. The van der Waals surface area contributed by atoms with Crippen LogP contribution in [0.25, 0.3) is 0 Å². The van der Waals surface area contributed by atoms with Crippen LogP contribution in [0.15, 0.2) is 30.3 Å². The van der Waals surface area contributed by atoms with Gasteiger partial charge in [-0.1, -0.05) is 36.8 Å². The van der Waals surface area contributed by atoms with Crippen LogP contribution >= 0.6 is 0 Å². The lowest BCUT2D eigenvalue weighted by Crippen LogP contribution is -2.41. The van der Waals surface area contributed by atoms with E-state index in [1.807, 2.05) is 6.07 Å². The molecule has 1 saturated carbocycles. The summed E-state index contributed by atoms with van der Waals surface area (Å²) in [6.07, 6.45) is 5.87. The largest absolute Gasteiger partial charge is 0.381 e. The summed E-state index contributed by atoms with van der Waals surface area (Å²) < 4.78 is 33.3. The zero-order chi connectivity index (χ0) is 16.1. The number of hydrogen-bond acceptors (Lipinski definition) is 3. The Morgan fingerprint density at radius 2 is 1.78 bits per heavy atom. The third-order valence-corrected chi connectivity index (χ3v) is 6.70. The Kier molecular flexibility index (Phi) is 5.72. The number of ether oxygens (including phenoxy) is 1. The van der Waals surface area contributed by atoms with Gasteiger partial charge in [-0.2, -0.15) is 0 Å². The fourth-order valence-corrected chi connectivity index (χ4v) is 5.68. The second-order valence-electron chi connectivity index (χ2n) is 6.94. The maximum atomic E-state index is 12.5. The van der Waals surface area contributed by atoms with Crippen LogP contribution in [0, 0.1) is 11.8 Å². The third kappa shape index (κ3) is 5.03. The van der Waals surface area contributed by atoms with E-state index in [0.717, 1.165) is 38.5 Å². The Labute approximate surface area is 139 Å². The van der Waals surface area contributed by atoms with Crippen molar-refractivity contribution in [3.8, 4) is 0 Å². The van der Waals surface area contributed by atoms with Crippen LogP contribution in [0.1, 0.15) is 37.7 Å². The fourth-order valence-electron chi connectivity index (χ4n) is 3.86. The molecule has 2 aliphatic rings. The quantitative estimate of drug-likeness (QED) is 0.868. The van der Waals surface area contributed by atoms with Crippen molar-refractivity contribution in [2.75, 3.05) is 19.0 Å². The van der Waals surface area contributed by atoms with Crippen LogP contribution in [0.2, 0.25) is 0 Å². The SMILES string of the molecule is O=S(=O)(CC1CCOCC1)N[C@H]1CCC[C@@H]1Cc1ccccc1. The molecule has 1 N–H and O–H groups in total. The van der Waals surface area contributed by atoms with Crippen molar-refractivity contribution >= 4 is 10.0 Å². The smallest absolute Gasteiger partial charge is 0.212 e. The fraction of sp³-hybridized carbons (Fsp3) is 0.667. The molecule has 128 valence electrons. The molecule has 1 aromatic carbocycles. The summed E-state index contributed by atoms with van der Waals surface area (Å²) in [5, 5.41) is 0. The molecule has 1 aromatic rings. The molecule has 2 atom stereocenters. The minimum atomic E-state index is -3.20. The zero-order valence-corrected chi connectivity index (χ0v) is 14.4. The zero-order valence-electron chi connectivity index (χ0n) is 13.6. The average molecular weight is 337 g/mol. The molecule has 1 aliphatic carbocycles. The summed E-state index contributed by atoms with van der Waals surface area (Å²) in [6.45, 7) is 1.39. The van der Waals surface area contributed by atoms with Gasteiger partial charge >= 0.3 is 0 Å². The lowest BCUT2D eigenvalue weighted by atomic mass is 9.95. The van der Waals surface area contributed by atoms with Gasteiger partial charge in [0.1, 0.15) is 0 Å². The van der Waals surface area contributed by atoms with E-state index in [1.54, 1.807) is 0 Å². The highest BCUT2D eigenvalue weighted by Crippen LogP contribution is 2.29. The first-order chi connectivity index (χ1) is 11.1. The number of benzene rings is 1. The van der Waals surface area contributed by atoms with Gasteiger partial charge in [-0.05, 0) is 49.5 Å². The number of hydrogen-bond donors (Lipinski definition) is 1.